The van der Waals surface area contributed by atoms with Crippen molar-refractivity contribution < 1.29 is 9.53 Å². The summed E-state index contributed by atoms with van der Waals surface area (Å²) in [5.74, 6) is -0.291. The zero-order valence-electron chi connectivity index (χ0n) is 9.09. The van der Waals surface area contributed by atoms with Gasteiger partial charge in [0.15, 0.2) is 0 Å². The van der Waals surface area contributed by atoms with Crippen molar-refractivity contribution >= 4 is 11.5 Å². The molecule has 0 saturated carbocycles. The Labute approximate surface area is 89.1 Å². The minimum Gasteiger partial charge on any atom is -0.464 e. The van der Waals surface area contributed by atoms with E-state index >= 15 is 0 Å². The van der Waals surface area contributed by atoms with Crippen LogP contribution in [0.15, 0.2) is 12.1 Å². The third kappa shape index (κ3) is 1.69. The van der Waals surface area contributed by atoms with Gasteiger partial charge in [-0.25, -0.2) is 4.79 Å². The zero-order valence-corrected chi connectivity index (χ0v) is 9.09. The maximum absolute atomic E-state index is 11.3. The van der Waals surface area contributed by atoms with Crippen molar-refractivity contribution in [3.8, 4) is 0 Å². The van der Waals surface area contributed by atoms with Crippen LogP contribution in [0.3, 0.4) is 0 Å². The van der Waals surface area contributed by atoms with Crippen molar-refractivity contribution in [1.29, 1.82) is 0 Å². The first-order valence-electron chi connectivity index (χ1n) is 5.25. The molecule has 1 N–H and O–H groups in total. The maximum Gasteiger partial charge on any atom is 0.354 e. The molecular weight excluding hydrogens is 190 g/mol. The maximum atomic E-state index is 11.3. The van der Waals surface area contributed by atoms with Gasteiger partial charge < -0.3 is 9.72 Å². The average Bonchev–Trinajstić information content (AvgIpc) is 2.79. The molecule has 1 aliphatic rings. The third-order valence-corrected chi connectivity index (χ3v) is 2.74. The molecule has 0 atom stereocenters. The summed E-state index contributed by atoms with van der Waals surface area (Å²) in [6, 6.07) is 1.90. The number of nitrogens with one attached hydrogen (secondary N) is 1. The van der Waals surface area contributed by atoms with Gasteiger partial charge in [0.1, 0.15) is 5.69 Å². The van der Waals surface area contributed by atoms with E-state index in [1.807, 2.05) is 6.07 Å². The molecular formula is C12H15NO2. The van der Waals surface area contributed by atoms with Crippen LogP contribution >= 0.6 is 0 Å². The van der Waals surface area contributed by atoms with Gasteiger partial charge in [-0.15, -0.1) is 0 Å². The van der Waals surface area contributed by atoms with Gasteiger partial charge in [0.25, 0.3) is 0 Å². The van der Waals surface area contributed by atoms with E-state index in [9.17, 15) is 4.79 Å². The number of ether oxygens (including phenoxy) is 1. The molecule has 0 aromatic carbocycles. The number of carbonyl (C=O) groups is 1. The van der Waals surface area contributed by atoms with Gasteiger partial charge in [0.05, 0.1) is 7.11 Å². The summed E-state index contributed by atoms with van der Waals surface area (Å²) in [4.78, 5) is 14.4. The van der Waals surface area contributed by atoms with Crippen molar-refractivity contribution in [2.75, 3.05) is 7.11 Å². The number of aromatic amines is 1. The Balaban J connectivity index is 2.34. The molecule has 0 aliphatic heterocycles. The van der Waals surface area contributed by atoms with Gasteiger partial charge in [-0.1, -0.05) is 13.0 Å². The number of allylic oxidation sites excluding steroid dienone is 2. The SMILES string of the molecule is CCC=C1CCc2cc(C(=O)OC)[nH]c21. The Morgan fingerprint density at radius 3 is 3.07 bits per heavy atom. The molecule has 0 fully saturated rings. The molecule has 1 aromatic heterocycles. The van der Waals surface area contributed by atoms with E-state index < -0.39 is 0 Å². The molecule has 80 valence electrons. The predicted molar refractivity (Wildman–Crippen MR) is 58.7 cm³/mol. The molecule has 3 heteroatoms. The van der Waals surface area contributed by atoms with E-state index in [0.29, 0.717) is 5.69 Å². The average molecular weight is 205 g/mol. The molecule has 0 unspecified atom stereocenters. The van der Waals surface area contributed by atoms with E-state index in [1.165, 1.54) is 18.2 Å². The first kappa shape index (κ1) is 10.0. The number of carbonyl (C=O) groups excluding carboxylic acids is 1. The highest BCUT2D eigenvalue weighted by atomic mass is 16.5. The fourth-order valence-corrected chi connectivity index (χ4v) is 2.05. The Hall–Kier alpha value is -1.51. The molecule has 15 heavy (non-hydrogen) atoms. The summed E-state index contributed by atoms with van der Waals surface area (Å²) in [6.45, 7) is 2.12. The van der Waals surface area contributed by atoms with Crippen molar-refractivity contribution in [2.45, 2.75) is 26.2 Å². The molecule has 0 saturated heterocycles. The van der Waals surface area contributed by atoms with Crippen LogP contribution in [-0.4, -0.2) is 18.1 Å². The minimum atomic E-state index is -0.291. The number of methoxy groups -OCH3 is 1. The van der Waals surface area contributed by atoms with E-state index in [-0.39, 0.29) is 5.97 Å². The van der Waals surface area contributed by atoms with Gasteiger partial charge in [0.2, 0.25) is 0 Å². The lowest BCUT2D eigenvalue weighted by molar-refractivity contribution is 0.0594. The highest BCUT2D eigenvalue weighted by Crippen LogP contribution is 2.32. The second-order valence-corrected chi connectivity index (χ2v) is 3.71. The van der Waals surface area contributed by atoms with E-state index in [2.05, 4.69) is 22.7 Å². The van der Waals surface area contributed by atoms with Crippen LogP contribution in [0.1, 0.15) is 41.5 Å². The molecule has 1 aromatic rings. The largest absolute Gasteiger partial charge is 0.464 e. The summed E-state index contributed by atoms with van der Waals surface area (Å²) in [5.41, 5.74) is 4.24. The number of esters is 1. The predicted octanol–water partition coefficient (Wildman–Crippen LogP) is 2.54. The second kappa shape index (κ2) is 3.93. The monoisotopic (exact) mass is 205 g/mol. The lowest BCUT2D eigenvalue weighted by atomic mass is 10.2. The Morgan fingerprint density at radius 2 is 2.40 bits per heavy atom. The van der Waals surface area contributed by atoms with Gasteiger partial charge in [0, 0.05) is 5.69 Å². The fraction of sp³-hybridized carbons (Fsp3) is 0.417. The molecule has 3 nitrogen and oxygen atoms in total. The number of hydrogen-bond donors (Lipinski definition) is 1. The molecule has 0 radical (unpaired) electrons. The highest BCUT2D eigenvalue weighted by molar-refractivity contribution is 5.89. The molecule has 0 amide bonds. The first-order chi connectivity index (χ1) is 7.26. The number of H-pyrrole nitrogens is 1. The summed E-state index contributed by atoms with van der Waals surface area (Å²) in [5, 5.41) is 0. The van der Waals surface area contributed by atoms with Gasteiger partial charge >= 0.3 is 5.97 Å². The Bertz CT molecular complexity index is 415. The second-order valence-electron chi connectivity index (χ2n) is 3.71. The normalized spacial score (nSPS) is 16.8. The summed E-state index contributed by atoms with van der Waals surface area (Å²) in [6.07, 6.45) is 5.34. The first-order valence-corrected chi connectivity index (χ1v) is 5.25. The number of aryl methyl sites for hydroxylation is 1. The Kier molecular flexibility index (Phi) is 2.62. The van der Waals surface area contributed by atoms with Gasteiger partial charge in [-0.3, -0.25) is 0 Å². The number of fused-ring (bicyclic) bond motifs is 1. The topological polar surface area (TPSA) is 42.1 Å². The number of hydrogen-bond acceptors (Lipinski definition) is 2. The third-order valence-electron chi connectivity index (χ3n) is 2.74. The molecule has 0 bridgehead atoms. The standard InChI is InChI=1S/C12H15NO2/c1-3-4-8-5-6-9-7-10(12(14)15-2)13-11(8)9/h4,7,13H,3,5-6H2,1-2H3. The number of rotatable bonds is 2. The lowest BCUT2D eigenvalue weighted by Gasteiger charge is -1.97. The Morgan fingerprint density at radius 1 is 1.60 bits per heavy atom. The molecule has 1 aliphatic carbocycles. The van der Waals surface area contributed by atoms with Crippen LogP contribution in [0.5, 0.6) is 0 Å². The smallest absolute Gasteiger partial charge is 0.354 e. The lowest BCUT2D eigenvalue weighted by Crippen LogP contribution is -2.01. The quantitative estimate of drug-likeness (QED) is 0.754. The summed E-state index contributed by atoms with van der Waals surface area (Å²) in [7, 11) is 1.40. The minimum absolute atomic E-state index is 0.291. The zero-order chi connectivity index (χ0) is 10.8. The molecule has 2 rings (SSSR count). The van der Waals surface area contributed by atoms with Crippen LogP contribution in [-0.2, 0) is 11.2 Å². The van der Waals surface area contributed by atoms with Gasteiger partial charge in [-0.05, 0) is 36.5 Å². The van der Waals surface area contributed by atoms with Crippen molar-refractivity contribution in [3.05, 3.63) is 29.1 Å². The van der Waals surface area contributed by atoms with Crippen LogP contribution < -0.4 is 0 Å². The van der Waals surface area contributed by atoms with Crippen LogP contribution in [0, 0.1) is 0 Å². The fourth-order valence-electron chi connectivity index (χ4n) is 2.05. The van der Waals surface area contributed by atoms with E-state index in [0.717, 1.165) is 25.0 Å². The van der Waals surface area contributed by atoms with Crippen LogP contribution in [0.25, 0.3) is 5.57 Å². The number of aromatic nitrogens is 1. The highest BCUT2D eigenvalue weighted by Gasteiger charge is 2.21. The van der Waals surface area contributed by atoms with Crippen molar-refractivity contribution in [3.63, 3.8) is 0 Å². The van der Waals surface area contributed by atoms with Crippen molar-refractivity contribution in [2.24, 2.45) is 0 Å². The molecule has 0 spiro atoms. The summed E-state index contributed by atoms with van der Waals surface area (Å²) < 4.78 is 4.68. The molecule has 1 heterocycles. The van der Waals surface area contributed by atoms with Crippen LogP contribution in [0.4, 0.5) is 0 Å². The summed E-state index contributed by atoms with van der Waals surface area (Å²) >= 11 is 0. The van der Waals surface area contributed by atoms with Crippen LogP contribution in [0.2, 0.25) is 0 Å². The van der Waals surface area contributed by atoms with E-state index in [1.54, 1.807) is 0 Å². The van der Waals surface area contributed by atoms with Gasteiger partial charge in [-0.2, -0.15) is 0 Å². The van der Waals surface area contributed by atoms with Crippen molar-refractivity contribution in [1.82, 2.24) is 4.98 Å². The van der Waals surface area contributed by atoms with E-state index in [4.69, 9.17) is 0 Å².